The summed E-state index contributed by atoms with van der Waals surface area (Å²) in [4.78, 5) is 4.77. The fourth-order valence-electron chi connectivity index (χ4n) is 4.44. The fourth-order valence-corrected chi connectivity index (χ4v) is 4.44. The maximum atomic E-state index is 5.94. The second kappa shape index (κ2) is 8.37. The molecule has 0 spiro atoms. The molecule has 0 amide bonds. The van der Waals surface area contributed by atoms with Gasteiger partial charge in [0.25, 0.3) is 0 Å². The number of aryl methyl sites for hydroxylation is 2. The molecule has 2 N–H and O–H groups in total. The molecule has 4 heterocycles. The van der Waals surface area contributed by atoms with Crippen LogP contribution >= 0.6 is 0 Å². The van der Waals surface area contributed by atoms with Gasteiger partial charge in [-0.25, -0.2) is 0 Å². The lowest BCUT2D eigenvalue weighted by atomic mass is 9.96. The number of aromatic nitrogens is 3. The molecule has 3 aliphatic rings. The van der Waals surface area contributed by atoms with Crippen LogP contribution in [0.15, 0.2) is 4.99 Å². The van der Waals surface area contributed by atoms with Gasteiger partial charge >= 0.3 is 0 Å². The first-order chi connectivity index (χ1) is 12.8. The van der Waals surface area contributed by atoms with Crippen molar-refractivity contribution in [2.45, 2.75) is 89.5 Å². The van der Waals surface area contributed by atoms with Crippen LogP contribution in [0.25, 0.3) is 0 Å². The van der Waals surface area contributed by atoms with Crippen LogP contribution in [0.1, 0.15) is 63.5 Å². The maximum absolute atomic E-state index is 5.94. The first-order valence-electron chi connectivity index (χ1n) is 10.4. The van der Waals surface area contributed by atoms with Crippen LogP contribution in [0.3, 0.4) is 0 Å². The molecule has 144 valence electrons. The second-order valence-electron chi connectivity index (χ2n) is 7.72. The van der Waals surface area contributed by atoms with Crippen molar-refractivity contribution in [2.24, 2.45) is 4.99 Å². The maximum Gasteiger partial charge on any atom is 0.191 e. The van der Waals surface area contributed by atoms with E-state index in [0.717, 1.165) is 57.1 Å². The number of rotatable bonds is 6. The highest BCUT2D eigenvalue weighted by Gasteiger charge is 2.41. The topological polar surface area (TPSA) is 76.4 Å². The molecule has 0 radical (unpaired) electrons. The molecule has 2 saturated heterocycles. The number of nitrogens with one attached hydrogen (secondary N) is 2. The Morgan fingerprint density at radius 1 is 1.27 bits per heavy atom. The molecule has 7 nitrogen and oxygen atoms in total. The van der Waals surface area contributed by atoms with Crippen molar-refractivity contribution < 1.29 is 4.74 Å². The highest BCUT2D eigenvalue weighted by atomic mass is 16.5. The molecule has 3 aliphatic heterocycles. The van der Waals surface area contributed by atoms with E-state index in [1.54, 1.807) is 0 Å². The van der Waals surface area contributed by atoms with E-state index in [2.05, 4.69) is 32.3 Å². The molecular formula is C19H32N6O. The Kier molecular flexibility index (Phi) is 5.72. The summed E-state index contributed by atoms with van der Waals surface area (Å²) >= 11 is 0. The Bertz CT molecular complexity index is 628. The monoisotopic (exact) mass is 360 g/mol. The molecule has 4 rings (SSSR count). The minimum absolute atomic E-state index is 0.371. The summed E-state index contributed by atoms with van der Waals surface area (Å²) in [5.41, 5.74) is 0. The zero-order valence-corrected chi connectivity index (χ0v) is 15.9. The van der Waals surface area contributed by atoms with Crippen molar-refractivity contribution in [3.8, 4) is 0 Å². The average Bonchev–Trinajstić information content (AvgIpc) is 3.31. The molecule has 0 saturated carbocycles. The number of ether oxygens (including phenoxy) is 1. The molecule has 2 fully saturated rings. The van der Waals surface area contributed by atoms with Crippen LogP contribution in [-0.2, 0) is 24.1 Å². The van der Waals surface area contributed by atoms with Gasteiger partial charge in [-0.2, -0.15) is 0 Å². The SMILES string of the molecule is CCNC(=NCCCc1nnc2n1CCCCC2)NC1CC2CCC1O2. The number of aliphatic imine (C=N–C) groups is 1. The zero-order valence-electron chi connectivity index (χ0n) is 15.9. The smallest absolute Gasteiger partial charge is 0.191 e. The third-order valence-corrected chi connectivity index (χ3v) is 5.79. The van der Waals surface area contributed by atoms with E-state index in [1.165, 1.54) is 37.9 Å². The lowest BCUT2D eigenvalue weighted by Crippen LogP contribution is -2.47. The average molecular weight is 361 g/mol. The van der Waals surface area contributed by atoms with E-state index in [-0.39, 0.29) is 0 Å². The normalized spacial score (nSPS) is 28.0. The van der Waals surface area contributed by atoms with Gasteiger partial charge in [-0.1, -0.05) is 6.42 Å². The molecular weight excluding hydrogens is 328 g/mol. The number of hydrogen-bond donors (Lipinski definition) is 2. The van der Waals surface area contributed by atoms with Gasteiger partial charge in [0, 0.05) is 32.5 Å². The van der Waals surface area contributed by atoms with E-state index in [1.807, 2.05) is 0 Å². The van der Waals surface area contributed by atoms with Gasteiger partial charge < -0.3 is 19.9 Å². The third kappa shape index (κ3) is 4.03. The number of hydrogen-bond acceptors (Lipinski definition) is 4. The quantitative estimate of drug-likeness (QED) is 0.460. The molecule has 3 unspecified atom stereocenters. The Morgan fingerprint density at radius 3 is 3.04 bits per heavy atom. The predicted molar refractivity (Wildman–Crippen MR) is 101 cm³/mol. The summed E-state index contributed by atoms with van der Waals surface area (Å²) in [5, 5.41) is 15.8. The molecule has 1 aromatic rings. The molecule has 7 heteroatoms. The Balaban J connectivity index is 1.28. The van der Waals surface area contributed by atoms with E-state index in [4.69, 9.17) is 9.73 Å². The van der Waals surface area contributed by atoms with Crippen LogP contribution in [0.2, 0.25) is 0 Å². The van der Waals surface area contributed by atoms with Crippen molar-refractivity contribution in [2.75, 3.05) is 13.1 Å². The van der Waals surface area contributed by atoms with E-state index in [9.17, 15) is 0 Å². The molecule has 0 aromatic carbocycles. The summed E-state index contributed by atoms with van der Waals surface area (Å²) in [7, 11) is 0. The molecule has 1 aromatic heterocycles. The third-order valence-electron chi connectivity index (χ3n) is 5.79. The van der Waals surface area contributed by atoms with Crippen molar-refractivity contribution in [1.82, 2.24) is 25.4 Å². The highest BCUT2D eigenvalue weighted by Crippen LogP contribution is 2.34. The number of guanidine groups is 1. The van der Waals surface area contributed by atoms with Gasteiger partial charge in [0.05, 0.1) is 18.2 Å². The number of nitrogens with zero attached hydrogens (tertiary/aromatic N) is 4. The van der Waals surface area contributed by atoms with Crippen molar-refractivity contribution in [3.63, 3.8) is 0 Å². The predicted octanol–water partition coefficient (Wildman–Crippen LogP) is 1.81. The van der Waals surface area contributed by atoms with Gasteiger partial charge in [0.1, 0.15) is 11.6 Å². The molecule has 0 aliphatic carbocycles. The molecule has 2 bridgehead atoms. The van der Waals surface area contributed by atoms with Crippen molar-refractivity contribution in [3.05, 3.63) is 11.6 Å². The highest BCUT2D eigenvalue weighted by molar-refractivity contribution is 5.80. The molecule has 26 heavy (non-hydrogen) atoms. The Hall–Kier alpha value is -1.63. The summed E-state index contributed by atoms with van der Waals surface area (Å²) in [6.07, 6.45) is 11.2. The minimum atomic E-state index is 0.371. The lowest BCUT2D eigenvalue weighted by Gasteiger charge is -2.22. The van der Waals surface area contributed by atoms with E-state index < -0.39 is 0 Å². The Morgan fingerprint density at radius 2 is 2.23 bits per heavy atom. The zero-order chi connectivity index (χ0) is 17.8. The van der Waals surface area contributed by atoms with Crippen molar-refractivity contribution >= 4 is 5.96 Å². The first kappa shape index (κ1) is 17.8. The first-order valence-corrected chi connectivity index (χ1v) is 10.4. The van der Waals surface area contributed by atoms with Gasteiger partial charge in [0.15, 0.2) is 5.96 Å². The lowest BCUT2D eigenvalue weighted by molar-refractivity contribution is 0.0992. The van der Waals surface area contributed by atoms with Gasteiger partial charge in [-0.3, -0.25) is 4.99 Å². The number of fused-ring (bicyclic) bond motifs is 3. The van der Waals surface area contributed by atoms with Crippen LogP contribution < -0.4 is 10.6 Å². The van der Waals surface area contributed by atoms with Crippen LogP contribution in [0.5, 0.6) is 0 Å². The summed E-state index contributed by atoms with van der Waals surface area (Å²) in [6.45, 7) is 4.87. The largest absolute Gasteiger partial charge is 0.373 e. The minimum Gasteiger partial charge on any atom is -0.373 e. The van der Waals surface area contributed by atoms with Gasteiger partial charge in [-0.15, -0.1) is 10.2 Å². The van der Waals surface area contributed by atoms with E-state index in [0.29, 0.717) is 18.2 Å². The van der Waals surface area contributed by atoms with Gasteiger partial charge in [-0.05, 0) is 45.4 Å². The summed E-state index contributed by atoms with van der Waals surface area (Å²) < 4.78 is 8.28. The van der Waals surface area contributed by atoms with Crippen LogP contribution in [0, 0.1) is 0 Å². The Labute approximate surface area is 156 Å². The van der Waals surface area contributed by atoms with E-state index >= 15 is 0 Å². The second-order valence-corrected chi connectivity index (χ2v) is 7.72. The summed E-state index contributed by atoms with van der Waals surface area (Å²) in [6, 6.07) is 0.416. The van der Waals surface area contributed by atoms with Crippen molar-refractivity contribution in [1.29, 1.82) is 0 Å². The molecule has 3 atom stereocenters. The fraction of sp³-hybridized carbons (Fsp3) is 0.842. The standard InChI is InChI=1S/C19H32N6O/c1-2-20-19(22-15-13-14-9-10-16(15)26-14)21-11-6-8-18-24-23-17-7-4-3-5-12-25(17)18/h14-16H,2-13H2,1H3,(H2,20,21,22). The van der Waals surface area contributed by atoms with Gasteiger partial charge in [0.2, 0.25) is 0 Å². The summed E-state index contributed by atoms with van der Waals surface area (Å²) in [5.74, 6) is 3.23. The van der Waals surface area contributed by atoms with Crippen LogP contribution in [0.4, 0.5) is 0 Å². The van der Waals surface area contributed by atoms with Crippen LogP contribution in [-0.4, -0.2) is 52.1 Å².